The van der Waals surface area contributed by atoms with E-state index in [-0.39, 0.29) is 17.8 Å². The Labute approximate surface area is 144 Å². The van der Waals surface area contributed by atoms with Gasteiger partial charge in [-0.15, -0.1) is 0 Å². The summed E-state index contributed by atoms with van der Waals surface area (Å²) in [6.07, 6.45) is 0.665. The van der Waals surface area contributed by atoms with Gasteiger partial charge in [-0.3, -0.25) is 14.5 Å². The molecular weight excluding hydrogens is 322 g/mol. The molecule has 2 aliphatic rings. The van der Waals surface area contributed by atoms with E-state index in [1.165, 1.54) is 6.92 Å². The lowest BCUT2D eigenvalue weighted by atomic mass is 10.1. The Balaban J connectivity index is 1.61. The van der Waals surface area contributed by atoms with E-state index < -0.39 is 6.09 Å². The first kappa shape index (κ1) is 15.7. The minimum absolute atomic E-state index is 0.153. The van der Waals surface area contributed by atoms with E-state index in [9.17, 15) is 14.4 Å². The van der Waals surface area contributed by atoms with Crippen LogP contribution >= 0.6 is 0 Å². The number of fused-ring (bicyclic) bond motifs is 3. The van der Waals surface area contributed by atoms with Crippen molar-refractivity contribution in [2.45, 2.75) is 32.4 Å². The van der Waals surface area contributed by atoms with Gasteiger partial charge in [0.2, 0.25) is 5.91 Å². The number of amides is 2. The van der Waals surface area contributed by atoms with Crippen LogP contribution in [0.15, 0.2) is 24.3 Å². The summed E-state index contributed by atoms with van der Waals surface area (Å²) in [5, 5.41) is 3.61. The Bertz CT molecular complexity index is 886. The number of benzene rings is 1. The number of hydrogen-bond acceptors (Lipinski definition) is 4. The first-order valence-electron chi connectivity index (χ1n) is 8.42. The van der Waals surface area contributed by atoms with Gasteiger partial charge in [0, 0.05) is 36.5 Å². The molecule has 0 bridgehead atoms. The van der Waals surface area contributed by atoms with E-state index in [4.69, 9.17) is 4.74 Å². The molecule has 7 heteroatoms. The molecule has 25 heavy (non-hydrogen) atoms. The molecule has 1 fully saturated rings. The minimum Gasteiger partial charge on any atom is -0.442 e. The van der Waals surface area contributed by atoms with Gasteiger partial charge in [-0.2, -0.15) is 0 Å². The van der Waals surface area contributed by atoms with Crippen LogP contribution in [0.25, 0.3) is 10.9 Å². The molecule has 0 radical (unpaired) electrons. The SMILES string of the molecule is CC(=O)NC[C@H]1CN(c2ccc3c(c2)cc2n3CCCC2=O)C(=O)O1. The van der Waals surface area contributed by atoms with Gasteiger partial charge in [-0.1, -0.05) is 0 Å². The lowest BCUT2D eigenvalue weighted by molar-refractivity contribution is -0.119. The van der Waals surface area contributed by atoms with Crippen molar-refractivity contribution in [1.29, 1.82) is 0 Å². The van der Waals surface area contributed by atoms with E-state index in [1.54, 1.807) is 4.90 Å². The van der Waals surface area contributed by atoms with Crippen LogP contribution < -0.4 is 10.2 Å². The molecule has 2 aromatic rings. The summed E-state index contributed by atoms with van der Waals surface area (Å²) in [4.78, 5) is 36.8. The maximum absolute atomic E-state index is 12.1. The number of anilines is 1. The Kier molecular flexibility index (Phi) is 3.71. The van der Waals surface area contributed by atoms with Gasteiger partial charge in [0.1, 0.15) is 6.10 Å². The van der Waals surface area contributed by atoms with Gasteiger partial charge in [0.15, 0.2) is 5.78 Å². The van der Waals surface area contributed by atoms with Gasteiger partial charge < -0.3 is 14.6 Å². The van der Waals surface area contributed by atoms with Crippen molar-refractivity contribution < 1.29 is 19.1 Å². The molecule has 0 unspecified atom stereocenters. The fourth-order valence-corrected chi connectivity index (χ4v) is 3.52. The first-order valence-corrected chi connectivity index (χ1v) is 8.42. The number of aryl methyl sites for hydroxylation is 1. The fraction of sp³-hybridized carbons (Fsp3) is 0.389. The summed E-state index contributed by atoms with van der Waals surface area (Å²) >= 11 is 0. The number of nitrogens with one attached hydrogen (secondary N) is 1. The molecule has 130 valence electrons. The van der Waals surface area contributed by atoms with Crippen LogP contribution in [0.5, 0.6) is 0 Å². The molecule has 4 rings (SSSR count). The third kappa shape index (κ3) is 2.75. The number of Topliss-reactive ketones (excluding diaryl/α,β-unsaturated/α-hetero) is 1. The third-order valence-corrected chi connectivity index (χ3v) is 4.72. The van der Waals surface area contributed by atoms with E-state index in [0.717, 1.165) is 35.2 Å². The summed E-state index contributed by atoms with van der Waals surface area (Å²) in [7, 11) is 0. The smallest absolute Gasteiger partial charge is 0.414 e. The van der Waals surface area contributed by atoms with Crippen molar-refractivity contribution in [3.05, 3.63) is 30.0 Å². The highest BCUT2D eigenvalue weighted by Crippen LogP contribution is 2.30. The summed E-state index contributed by atoms with van der Waals surface area (Å²) in [5.41, 5.74) is 2.48. The normalized spacial score (nSPS) is 19.9. The van der Waals surface area contributed by atoms with Crippen molar-refractivity contribution in [3.63, 3.8) is 0 Å². The van der Waals surface area contributed by atoms with Crippen molar-refractivity contribution in [3.8, 4) is 0 Å². The second-order valence-electron chi connectivity index (χ2n) is 6.50. The highest BCUT2D eigenvalue weighted by molar-refractivity contribution is 6.02. The van der Waals surface area contributed by atoms with Crippen LogP contribution in [0.1, 0.15) is 30.3 Å². The molecule has 0 aliphatic carbocycles. The van der Waals surface area contributed by atoms with Crippen molar-refractivity contribution >= 4 is 34.4 Å². The zero-order valence-corrected chi connectivity index (χ0v) is 13.9. The Morgan fingerprint density at radius 3 is 2.96 bits per heavy atom. The van der Waals surface area contributed by atoms with E-state index in [1.807, 2.05) is 28.8 Å². The molecule has 1 aromatic heterocycles. The molecule has 1 N–H and O–H groups in total. The van der Waals surface area contributed by atoms with Gasteiger partial charge in [0.25, 0.3) is 0 Å². The van der Waals surface area contributed by atoms with E-state index >= 15 is 0 Å². The summed E-state index contributed by atoms with van der Waals surface area (Å²) in [5.74, 6) is 0.0138. The number of rotatable bonds is 3. The van der Waals surface area contributed by atoms with Crippen LogP contribution in [-0.2, 0) is 16.1 Å². The van der Waals surface area contributed by atoms with Crippen LogP contribution in [0.2, 0.25) is 0 Å². The van der Waals surface area contributed by atoms with Crippen LogP contribution in [-0.4, -0.2) is 41.5 Å². The van der Waals surface area contributed by atoms with Crippen LogP contribution in [0.4, 0.5) is 10.5 Å². The zero-order valence-electron chi connectivity index (χ0n) is 13.9. The van der Waals surface area contributed by atoms with Crippen molar-refractivity contribution in [2.75, 3.05) is 18.0 Å². The highest BCUT2D eigenvalue weighted by Gasteiger charge is 2.32. The van der Waals surface area contributed by atoms with Crippen LogP contribution in [0.3, 0.4) is 0 Å². The topological polar surface area (TPSA) is 80.6 Å². The summed E-state index contributed by atoms with van der Waals surface area (Å²) < 4.78 is 7.35. The van der Waals surface area contributed by atoms with Gasteiger partial charge >= 0.3 is 6.09 Å². The number of aromatic nitrogens is 1. The number of cyclic esters (lactones) is 1. The standard InChI is InChI=1S/C18H19N3O4/c1-11(22)19-9-14-10-21(18(24)25-14)13-4-5-15-12(7-13)8-16-17(23)3-2-6-20(15)16/h4-5,7-8,14H,2-3,6,9-10H2,1H3,(H,19,22)/t14-/m0/s1. The van der Waals surface area contributed by atoms with Crippen molar-refractivity contribution in [2.24, 2.45) is 0 Å². The maximum atomic E-state index is 12.1. The zero-order chi connectivity index (χ0) is 17.6. The quantitative estimate of drug-likeness (QED) is 0.927. The number of ketones is 1. The second kappa shape index (κ2) is 5.91. The molecule has 1 saturated heterocycles. The van der Waals surface area contributed by atoms with E-state index in [0.29, 0.717) is 19.5 Å². The lowest BCUT2D eigenvalue weighted by Crippen LogP contribution is -2.33. The Morgan fingerprint density at radius 1 is 1.32 bits per heavy atom. The third-order valence-electron chi connectivity index (χ3n) is 4.72. The minimum atomic E-state index is -0.422. The molecule has 1 aromatic carbocycles. The number of ether oxygens (including phenoxy) is 1. The summed E-state index contributed by atoms with van der Waals surface area (Å²) in [6, 6.07) is 7.63. The van der Waals surface area contributed by atoms with Gasteiger partial charge in [0.05, 0.1) is 18.8 Å². The second-order valence-corrected chi connectivity index (χ2v) is 6.50. The van der Waals surface area contributed by atoms with Gasteiger partial charge in [-0.05, 0) is 30.7 Å². The molecule has 0 spiro atoms. The molecule has 7 nitrogen and oxygen atoms in total. The predicted octanol–water partition coefficient (Wildman–Crippen LogP) is 2.08. The molecule has 0 saturated carbocycles. The summed E-state index contributed by atoms with van der Waals surface area (Å²) in [6.45, 7) is 2.96. The predicted molar refractivity (Wildman–Crippen MR) is 91.8 cm³/mol. The average Bonchev–Trinajstić information content (AvgIpc) is 3.14. The van der Waals surface area contributed by atoms with Crippen molar-refractivity contribution in [1.82, 2.24) is 9.88 Å². The number of hydrogen-bond donors (Lipinski definition) is 1. The van der Waals surface area contributed by atoms with Gasteiger partial charge in [-0.25, -0.2) is 4.79 Å². The first-order chi connectivity index (χ1) is 12.0. The number of carbonyl (C=O) groups excluding carboxylic acids is 3. The average molecular weight is 341 g/mol. The Hall–Kier alpha value is -2.83. The molecule has 3 heterocycles. The monoisotopic (exact) mass is 341 g/mol. The Morgan fingerprint density at radius 2 is 2.16 bits per heavy atom. The molecular formula is C18H19N3O4. The maximum Gasteiger partial charge on any atom is 0.414 e. The highest BCUT2D eigenvalue weighted by atomic mass is 16.6. The molecule has 2 aliphatic heterocycles. The lowest BCUT2D eigenvalue weighted by Gasteiger charge is -2.16. The number of nitrogens with zero attached hydrogens (tertiary/aromatic N) is 2. The van der Waals surface area contributed by atoms with E-state index in [2.05, 4.69) is 5.32 Å². The number of carbonyl (C=O) groups is 3. The molecule has 2 amide bonds. The van der Waals surface area contributed by atoms with Crippen LogP contribution in [0, 0.1) is 0 Å². The molecule has 1 atom stereocenters. The largest absolute Gasteiger partial charge is 0.442 e. The fourth-order valence-electron chi connectivity index (χ4n) is 3.52.